The van der Waals surface area contributed by atoms with Crippen molar-refractivity contribution in [3.8, 4) is 18.1 Å². The number of halogens is 1. The molecule has 1 N–H and O–H groups in total. The lowest BCUT2D eigenvalue weighted by Gasteiger charge is -2.03. The summed E-state index contributed by atoms with van der Waals surface area (Å²) in [6.07, 6.45) is 6.97. The third kappa shape index (κ3) is 3.24. The minimum Gasteiger partial charge on any atom is -0.506 e. The predicted octanol–water partition coefficient (Wildman–Crippen LogP) is 4.20. The fraction of sp³-hybridized carbons (Fsp3) is 0.0625. The monoisotopic (exact) mass is 313 g/mol. The zero-order valence-electron chi connectivity index (χ0n) is 10.4. The molecule has 2 nitrogen and oxygen atoms in total. The Kier molecular flexibility index (Phi) is 4.03. The van der Waals surface area contributed by atoms with Gasteiger partial charge in [0.1, 0.15) is 5.75 Å². The zero-order chi connectivity index (χ0) is 13.8. The molecule has 0 unspecified atom stereocenters. The Morgan fingerprint density at radius 3 is 2.84 bits per heavy atom. The highest BCUT2D eigenvalue weighted by atomic mass is 79.9. The fourth-order valence-electron chi connectivity index (χ4n) is 1.68. The third-order valence-electron chi connectivity index (χ3n) is 2.60. The minimum atomic E-state index is 0.183. The van der Waals surface area contributed by atoms with Crippen molar-refractivity contribution in [2.24, 2.45) is 4.99 Å². The standard InChI is InChI=1S/C16H12BrNO/c1-3-12-5-4-6-14(9-12)18-10-13-7-11(2)8-15(17)16(13)19/h1,4-10,19H,2H3/b18-10+. The molecule has 2 rings (SSSR count). The lowest BCUT2D eigenvalue weighted by atomic mass is 10.1. The summed E-state index contributed by atoms with van der Waals surface area (Å²) in [5.41, 5.74) is 3.25. The number of nitrogens with zero attached hydrogens (tertiary/aromatic N) is 1. The number of phenolic OH excluding ortho intramolecular Hbond substituents is 1. The Balaban J connectivity index is 2.35. The highest BCUT2D eigenvalue weighted by molar-refractivity contribution is 9.10. The first-order valence-corrected chi connectivity index (χ1v) is 6.49. The van der Waals surface area contributed by atoms with Crippen LogP contribution in [0.1, 0.15) is 16.7 Å². The molecule has 0 heterocycles. The van der Waals surface area contributed by atoms with E-state index in [2.05, 4.69) is 26.8 Å². The highest BCUT2D eigenvalue weighted by Crippen LogP contribution is 2.28. The van der Waals surface area contributed by atoms with Crippen LogP contribution < -0.4 is 0 Å². The van der Waals surface area contributed by atoms with Crippen LogP contribution in [0.4, 0.5) is 5.69 Å². The molecule has 0 saturated carbocycles. The van der Waals surface area contributed by atoms with Crippen LogP contribution >= 0.6 is 15.9 Å². The number of rotatable bonds is 2. The minimum absolute atomic E-state index is 0.183. The number of phenols is 1. The quantitative estimate of drug-likeness (QED) is 0.654. The van der Waals surface area contributed by atoms with Crippen molar-refractivity contribution in [1.29, 1.82) is 0 Å². The van der Waals surface area contributed by atoms with Crippen LogP contribution in [0, 0.1) is 19.3 Å². The third-order valence-corrected chi connectivity index (χ3v) is 3.21. The van der Waals surface area contributed by atoms with E-state index in [0.717, 1.165) is 16.8 Å². The molecule has 0 radical (unpaired) electrons. The molecule has 0 aliphatic heterocycles. The Morgan fingerprint density at radius 1 is 1.32 bits per heavy atom. The largest absolute Gasteiger partial charge is 0.506 e. The molecule has 0 atom stereocenters. The first-order chi connectivity index (χ1) is 9.10. The number of aliphatic imine (C=N–C) groups is 1. The van der Waals surface area contributed by atoms with Gasteiger partial charge in [-0.2, -0.15) is 0 Å². The van der Waals surface area contributed by atoms with E-state index in [1.54, 1.807) is 6.21 Å². The predicted molar refractivity (Wildman–Crippen MR) is 82.2 cm³/mol. The SMILES string of the molecule is C#Cc1cccc(/N=C/c2cc(C)cc(Br)c2O)c1. The van der Waals surface area contributed by atoms with E-state index in [9.17, 15) is 5.11 Å². The van der Waals surface area contributed by atoms with Crippen LogP contribution in [-0.2, 0) is 0 Å². The van der Waals surface area contributed by atoms with Crippen LogP contribution in [-0.4, -0.2) is 11.3 Å². The smallest absolute Gasteiger partial charge is 0.138 e. The first kappa shape index (κ1) is 13.4. The maximum atomic E-state index is 9.93. The maximum Gasteiger partial charge on any atom is 0.138 e. The van der Waals surface area contributed by atoms with E-state index in [-0.39, 0.29) is 5.75 Å². The molecule has 0 spiro atoms. The van der Waals surface area contributed by atoms with Crippen LogP contribution in [0.15, 0.2) is 45.9 Å². The van der Waals surface area contributed by atoms with Gasteiger partial charge in [-0.15, -0.1) is 6.42 Å². The second-order valence-electron chi connectivity index (χ2n) is 4.14. The number of aryl methyl sites for hydroxylation is 1. The fourth-order valence-corrected chi connectivity index (χ4v) is 2.27. The molecule has 2 aromatic rings. The molecule has 0 aromatic heterocycles. The van der Waals surface area contributed by atoms with Crippen LogP contribution in [0.2, 0.25) is 0 Å². The molecule has 0 saturated heterocycles. The van der Waals surface area contributed by atoms with Gasteiger partial charge in [0, 0.05) is 17.3 Å². The molecule has 0 aliphatic rings. The number of hydrogen-bond acceptors (Lipinski definition) is 2. The van der Waals surface area contributed by atoms with Crippen molar-refractivity contribution in [1.82, 2.24) is 0 Å². The van der Waals surface area contributed by atoms with Gasteiger partial charge < -0.3 is 5.11 Å². The van der Waals surface area contributed by atoms with E-state index >= 15 is 0 Å². The second-order valence-corrected chi connectivity index (χ2v) is 4.99. The Morgan fingerprint density at radius 2 is 2.11 bits per heavy atom. The number of aromatic hydroxyl groups is 1. The Labute approximate surface area is 121 Å². The van der Waals surface area contributed by atoms with Crippen LogP contribution in [0.25, 0.3) is 0 Å². The first-order valence-electron chi connectivity index (χ1n) is 5.70. The molecule has 0 fully saturated rings. The van der Waals surface area contributed by atoms with Crippen molar-refractivity contribution >= 4 is 27.8 Å². The number of hydrogen-bond donors (Lipinski definition) is 1. The lowest BCUT2D eigenvalue weighted by molar-refractivity contribution is 0.471. The second kappa shape index (κ2) is 5.73. The van der Waals surface area contributed by atoms with E-state index < -0.39 is 0 Å². The van der Waals surface area contributed by atoms with Gasteiger partial charge in [0.05, 0.1) is 10.2 Å². The molecule has 2 aromatic carbocycles. The molecule has 19 heavy (non-hydrogen) atoms. The maximum absolute atomic E-state index is 9.93. The molecule has 94 valence electrons. The molecule has 3 heteroatoms. The normalized spacial score (nSPS) is 10.6. The molecule has 0 amide bonds. The van der Waals surface area contributed by atoms with Crippen molar-refractivity contribution in [3.05, 3.63) is 57.6 Å². The summed E-state index contributed by atoms with van der Waals surface area (Å²) in [7, 11) is 0. The van der Waals surface area contributed by atoms with E-state index in [1.807, 2.05) is 43.3 Å². The molecule has 0 bridgehead atoms. The number of benzene rings is 2. The molecular formula is C16H12BrNO. The van der Waals surface area contributed by atoms with Gasteiger partial charge >= 0.3 is 0 Å². The highest BCUT2D eigenvalue weighted by Gasteiger charge is 2.04. The van der Waals surface area contributed by atoms with Crippen molar-refractivity contribution in [3.63, 3.8) is 0 Å². The van der Waals surface area contributed by atoms with Gasteiger partial charge in [-0.25, -0.2) is 0 Å². The Hall–Kier alpha value is -2.05. The summed E-state index contributed by atoms with van der Waals surface area (Å²) in [6.45, 7) is 1.96. The summed E-state index contributed by atoms with van der Waals surface area (Å²) in [5.74, 6) is 2.75. The van der Waals surface area contributed by atoms with Gasteiger partial charge in [0.25, 0.3) is 0 Å². The van der Waals surface area contributed by atoms with E-state index in [1.165, 1.54) is 0 Å². The number of terminal acetylenes is 1. The van der Waals surface area contributed by atoms with Crippen LogP contribution in [0.5, 0.6) is 5.75 Å². The average Bonchev–Trinajstić information content (AvgIpc) is 2.41. The van der Waals surface area contributed by atoms with Crippen molar-refractivity contribution < 1.29 is 5.11 Å². The van der Waals surface area contributed by atoms with Gasteiger partial charge in [-0.05, 0) is 58.7 Å². The molecular weight excluding hydrogens is 302 g/mol. The summed E-state index contributed by atoms with van der Waals surface area (Å²) >= 11 is 3.31. The molecule has 0 aliphatic carbocycles. The summed E-state index contributed by atoms with van der Waals surface area (Å²) in [6, 6.07) is 11.1. The van der Waals surface area contributed by atoms with Crippen molar-refractivity contribution in [2.75, 3.05) is 0 Å². The summed E-state index contributed by atoms with van der Waals surface area (Å²) in [5, 5.41) is 9.93. The lowest BCUT2D eigenvalue weighted by Crippen LogP contribution is -1.86. The van der Waals surface area contributed by atoms with Gasteiger partial charge in [-0.1, -0.05) is 12.0 Å². The van der Waals surface area contributed by atoms with Crippen molar-refractivity contribution in [2.45, 2.75) is 6.92 Å². The van der Waals surface area contributed by atoms with Crippen LogP contribution in [0.3, 0.4) is 0 Å². The van der Waals surface area contributed by atoms with Gasteiger partial charge in [0.15, 0.2) is 0 Å². The van der Waals surface area contributed by atoms with Gasteiger partial charge in [0.2, 0.25) is 0 Å². The summed E-state index contributed by atoms with van der Waals surface area (Å²) < 4.78 is 0.659. The summed E-state index contributed by atoms with van der Waals surface area (Å²) in [4.78, 5) is 4.33. The van der Waals surface area contributed by atoms with Gasteiger partial charge in [-0.3, -0.25) is 4.99 Å². The van der Waals surface area contributed by atoms with E-state index in [4.69, 9.17) is 6.42 Å². The zero-order valence-corrected chi connectivity index (χ0v) is 12.0. The van der Waals surface area contributed by atoms with E-state index in [0.29, 0.717) is 10.0 Å². The topological polar surface area (TPSA) is 32.6 Å². The average molecular weight is 314 g/mol. The Bertz CT molecular complexity index is 684.